The van der Waals surface area contributed by atoms with E-state index in [0.29, 0.717) is 6.04 Å². The summed E-state index contributed by atoms with van der Waals surface area (Å²) in [5.41, 5.74) is 1.12. The summed E-state index contributed by atoms with van der Waals surface area (Å²) in [6.45, 7) is 11.4. The summed E-state index contributed by atoms with van der Waals surface area (Å²) in [4.78, 5) is 5.67. The van der Waals surface area contributed by atoms with E-state index in [1.54, 1.807) is 11.3 Å². The van der Waals surface area contributed by atoms with Gasteiger partial charge < -0.3 is 10.1 Å². The van der Waals surface area contributed by atoms with Crippen molar-refractivity contribution in [3.8, 4) is 5.75 Å². The molecular weight excluding hydrogens is 292 g/mol. The standard InChI is InChI=1S/C18H26N2OS/c1-13-12-20-17(22-13)10-11-19-14(2)15-6-8-16(9-7-15)21-18(3,4)5/h6-9,12,14,19H,10-11H2,1-5H3. The minimum atomic E-state index is -0.156. The smallest absolute Gasteiger partial charge is 0.120 e. The Labute approximate surface area is 137 Å². The maximum absolute atomic E-state index is 5.85. The highest BCUT2D eigenvalue weighted by atomic mass is 32.1. The van der Waals surface area contributed by atoms with E-state index in [0.717, 1.165) is 18.7 Å². The van der Waals surface area contributed by atoms with E-state index in [1.807, 2.05) is 18.3 Å². The maximum Gasteiger partial charge on any atom is 0.120 e. The van der Waals surface area contributed by atoms with Crippen LogP contribution in [0.4, 0.5) is 0 Å². The highest BCUT2D eigenvalue weighted by molar-refractivity contribution is 7.11. The van der Waals surface area contributed by atoms with Crippen molar-refractivity contribution in [2.24, 2.45) is 0 Å². The van der Waals surface area contributed by atoms with E-state index < -0.39 is 0 Å². The van der Waals surface area contributed by atoms with Crippen molar-refractivity contribution in [3.63, 3.8) is 0 Å². The molecule has 0 aliphatic rings. The Balaban J connectivity index is 1.83. The average Bonchev–Trinajstić information content (AvgIpc) is 2.83. The van der Waals surface area contributed by atoms with Crippen molar-refractivity contribution in [1.29, 1.82) is 0 Å². The number of hydrogen-bond donors (Lipinski definition) is 1. The molecule has 120 valence electrons. The predicted octanol–water partition coefficient (Wildman–Crippen LogP) is 4.52. The summed E-state index contributed by atoms with van der Waals surface area (Å²) in [6, 6.07) is 8.68. The second-order valence-corrected chi connectivity index (χ2v) is 7.89. The van der Waals surface area contributed by atoms with Crippen LogP contribution in [0, 0.1) is 6.92 Å². The zero-order valence-electron chi connectivity index (χ0n) is 14.1. The van der Waals surface area contributed by atoms with Crippen LogP contribution in [0.2, 0.25) is 0 Å². The fraction of sp³-hybridized carbons (Fsp3) is 0.500. The Morgan fingerprint density at radius 3 is 2.45 bits per heavy atom. The van der Waals surface area contributed by atoms with Crippen LogP contribution < -0.4 is 10.1 Å². The third-order valence-corrected chi connectivity index (χ3v) is 4.24. The Morgan fingerprint density at radius 1 is 1.23 bits per heavy atom. The summed E-state index contributed by atoms with van der Waals surface area (Å²) < 4.78 is 5.85. The molecule has 0 spiro atoms. The molecule has 2 aromatic rings. The molecule has 0 aliphatic carbocycles. The quantitative estimate of drug-likeness (QED) is 0.850. The molecule has 0 radical (unpaired) electrons. The van der Waals surface area contributed by atoms with Crippen LogP contribution in [0.3, 0.4) is 0 Å². The van der Waals surface area contributed by atoms with Crippen LogP contribution in [0.25, 0.3) is 0 Å². The van der Waals surface area contributed by atoms with Gasteiger partial charge in [0.15, 0.2) is 0 Å². The van der Waals surface area contributed by atoms with Crippen LogP contribution in [-0.4, -0.2) is 17.1 Å². The molecule has 1 aromatic heterocycles. The largest absolute Gasteiger partial charge is 0.488 e. The van der Waals surface area contributed by atoms with Gasteiger partial charge in [-0.1, -0.05) is 12.1 Å². The van der Waals surface area contributed by atoms with Gasteiger partial charge in [0, 0.05) is 30.1 Å². The van der Waals surface area contributed by atoms with Gasteiger partial charge in [0.25, 0.3) is 0 Å². The molecule has 1 N–H and O–H groups in total. The molecule has 0 saturated carbocycles. The number of hydrogen-bond acceptors (Lipinski definition) is 4. The summed E-state index contributed by atoms with van der Waals surface area (Å²) in [5.74, 6) is 0.918. The van der Waals surface area contributed by atoms with Gasteiger partial charge >= 0.3 is 0 Å². The van der Waals surface area contributed by atoms with Crippen LogP contribution in [0.1, 0.15) is 49.2 Å². The first kappa shape index (κ1) is 17.0. The Hall–Kier alpha value is -1.39. The number of rotatable bonds is 6. The van der Waals surface area contributed by atoms with E-state index in [-0.39, 0.29) is 5.60 Å². The van der Waals surface area contributed by atoms with Gasteiger partial charge in [-0.15, -0.1) is 11.3 Å². The average molecular weight is 318 g/mol. The van der Waals surface area contributed by atoms with Gasteiger partial charge in [0.1, 0.15) is 11.4 Å². The molecule has 0 saturated heterocycles. The van der Waals surface area contributed by atoms with Crippen molar-refractivity contribution >= 4 is 11.3 Å². The number of aromatic nitrogens is 1. The van der Waals surface area contributed by atoms with E-state index >= 15 is 0 Å². The zero-order valence-corrected chi connectivity index (χ0v) is 15.0. The number of thiazole rings is 1. The minimum Gasteiger partial charge on any atom is -0.488 e. The molecule has 0 amide bonds. The third-order valence-electron chi connectivity index (χ3n) is 3.26. The van der Waals surface area contributed by atoms with E-state index in [2.05, 4.69) is 57.1 Å². The van der Waals surface area contributed by atoms with Crippen LogP contribution in [0.15, 0.2) is 30.5 Å². The highest BCUT2D eigenvalue weighted by Gasteiger charge is 2.12. The first-order valence-corrected chi connectivity index (χ1v) is 8.59. The maximum atomic E-state index is 5.85. The summed E-state index contributed by atoms with van der Waals surface area (Å²) >= 11 is 1.77. The molecule has 22 heavy (non-hydrogen) atoms. The molecule has 4 heteroatoms. The number of aryl methyl sites for hydroxylation is 1. The Bertz CT molecular complexity index is 584. The summed E-state index contributed by atoms with van der Waals surface area (Å²) in [7, 11) is 0. The molecule has 2 rings (SSSR count). The molecule has 0 aliphatic heterocycles. The van der Waals surface area contributed by atoms with Crippen molar-refractivity contribution < 1.29 is 4.74 Å². The predicted molar refractivity (Wildman–Crippen MR) is 93.8 cm³/mol. The highest BCUT2D eigenvalue weighted by Crippen LogP contribution is 2.21. The van der Waals surface area contributed by atoms with Gasteiger partial charge in [0.2, 0.25) is 0 Å². The fourth-order valence-electron chi connectivity index (χ4n) is 2.21. The lowest BCUT2D eigenvalue weighted by Crippen LogP contribution is -2.23. The molecule has 3 nitrogen and oxygen atoms in total. The van der Waals surface area contributed by atoms with E-state index in [4.69, 9.17) is 4.74 Å². The molecule has 1 unspecified atom stereocenters. The summed E-state index contributed by atoms with van der Waals surface area (Å²) in [6.07, 6.45) is 2.92. The summed E-state index contributed by atoms with van der Waals surface area (Å²) in [5, 5.41) is 4.75. The number of benzene rings is 1. The lowest BCUT2D eigenvalue weighted by Gasteiger charge is -2.22. The first-order chi connectivity index (χ1) is 10.3. The van der Waals surface area contributed by atoms with E-state index in [9.17, 15) is 0 Å². The lowest BCUT2D eigenvalue weighted by atomic mass is 10.1. The molecule has 1 heterocycles. The second kappa shape index (κ2) is 7.25. The third kappa shape index (κ3) is 5.43. The van der Waals surface area contributed by atoms with Crippen LogP contribution >= 0.6 is 11.3 Å². The number of nitrogens with zero attached hydrogens (tertiary/aromatic N) is 1. The topological polar surface area (TPSA) is 34.2 Å². The van der Waals surface area contributed by atoms with Gasteiger partial charge in [-0.3, -0.25) is 0 Å². The molecule has 0 bridgehead atoms. The monoisotopic (exact) mass is 318 g/mol. The number of nitrogens with one attached hydrogen (secondary N) is 1. The molecule has 1 atom stereocenters. The van der Waals surface area contributed by atoms with Crippen molar-refractivity contribution in [3.05, 3.63) is 45.9 Å². The van der Waals surface area contributed by atoms with Gasteiger partial charge in [-0.2, -0.15) is 0 Å². The van der Waals surface area contributed by atoms with Crippen molar-refractivity contribution in [2.75, 3.05) is 6.54 Å². The fourth-order valence-corrected chi connectivity index (χ4v) is 3.00. The lowest BCUT2D eigenvalue weighted by molar-refractivity contribution is 0.131. The number of ether oxygens (including phenoxy) is 1. The molecule has 0 fully saturated rings. The Kier molecular flexibility index (Phi) is 5.59. The van der Waals surface area contributed by atoms with Gasteiger partial charge in [0.05, 0.1) is 5.01 Å². The minimum absolute atomic E-state index is 0.156. The van der Waals surface area contributed by atoms with Gasteiger partial charge in [-0.25, -0.2) is 4.98 Å². The zero-order chi connectivity index (χ0) is 16.2. The normalized spacial score (nSPS) is 13.1. The Morgan fingerprint density at radius 2 is 1.91 bits per heavy atom. The van der Waals surface area contributed by atoms with Crippen LogP contribution in [-0.2, 0) is 6.42 Å². The SMILES string of the molecule is Cc1cnc(CCNC(C)c2ccc(OC(C)(C)C)cc2)s1. The molecular formula is C18H26N2OS. The van der Waals surface area contributed by atoms with Crippen molar-refractivity contribution in [2.45, 2.75) is 52.7 Å². The first-order valence-electron chi connectivity index (χ1n) is 7.77. The van der Waals surface area contributed by atoms with E-state index in [1.165, 1.54) is 15.4 Å². The van der Waals surface area contributed by atoms with Gasteiger partial charge in [-0.05, 0) is 52.3 Å². The van der Waals surface area contributed by atoms with Crippen molar-refractivity contribution in [1.82, 2.24) is 10.3 Å². The second-order valence-electron chi connectivity index (χ2n) is 6.57. The molecule has 1 aromatic carbocycles. The van der Waals surface area contributed by atoms with Crippen LogP contribution in [0.5, 0.6) is 5.75 Å².